The van der Waals surface area contributed by atoms with Gasteiger partial charge in [0, 0.05) is 12.4 Å². The smallest absolute Gasteiger partial charge is 0.158 e. The van der Waals surface area contributed by atoms with Gasteiger partial charge in [-0.15, -0.1) is 0 Å². The summed E-state index contributed by atoms with van der Waals surface area (Å²) >= 11 is 0. The molecular formula is C13H15N3. The molecular weight excluding hydrogens is 198 g/mol. The van der Waals surface area contributed by atoms with E-state index in [0.717, 1.165) is 29.0 Å². The van der Waals surface area contributed by atoms with Crippen LogP contribution in [0.1, 0.15) is 24.7 Å². The van der Waals surface area contributed by atoms with Gasteiger partial charge in [0.25, 0.3) is 0 Å². The van der Waals surface area contributed by atoms with E-state index in [-0.39, 0.29) is 0 Å². The van der Waals surface area contributed by atoms with Crippen molar-refractivity contribution in [3.63, 3.8) is 0 Å². The molecule has 0 aliphatic heterocycles. The molecule has 0 spiro atoms. The highest BCUT2D eigenvalue weighted by Crippen LogP contribution is 2.18. The summed E-state index contributed by atoms with van der Waals surface area (Å²) in [4.78, 5) is 8.60. The standard InChI is InChI=1S/C13H15N3/c1-4-6-11(5-2)12-9-15-13-10(3)14-7-8-16(12)13/h5-9H,2,4H2,1,3H3/b11-6+. The molecule has 0 aromatic carbocycles. The topological polar surface area (TPSA) is 30.2 Å². The van der Waals surface area contributed by atoms with E-state index in [1.807, 2.05) is 29.8 Å². The van der Waals surface area contributed by atoms with Gasteiger partial charge >= 0.3 is 0 Å². The summed E-state index contributed by atoms with van der Waals surface area (Å²) in [6.45, 7) is 7.91. The zero-order valence-corrected chi connectivity index (χ0v) is 9.64. The van der Waals surface area contributed by atoms with Gasteiger partial charge in [0.05, 0.1) is 17.6 Å². The van der Waals surface area contributed by atoms with Crippen LogP contribution in [0.5, 0.6) is 0 Å². The predicted molar refractivity (Wildman–Crippen MR) is 66.2 cm³/mol. The number of imidazole rings is 1. The van der Waals surface area contributed by atoms with Crippen molar-refractivity contribution in [3.8, 4) is 0 Å². The summed E-state index contributed by atoms with van der Waals surface area (Å²) in [6, 6.07) is 0. The van der Waals surface area contributed by atoms with Crippen molar-refractivity contribution in [2.45, 2.75) is 20.3 Å². The monoisotopic (exact) mass is 213 g/mol. The molecule has 0 amide bonds. The number of aromatic nitrogens is 3. The minimum absolute atomic E-state index is 0.904. The Morgan fingerprint density at radius 1 is 1.50 bits per heavy atom. The Morgan fingerprint density at radius 2 is 2.31 bits per heavy atom. The lowest BCUT2D eigenvalue weighted by Gasteiger charge is -2.02. The van der Waals surface area contributed by atoms with Crippen molar-refractivity contribution < 1.29 is 0 Å². The first-order chi connectivity index (χ1) is 7.77. The van der Waals surface area contributed by atoms with Crippen LogP contribution in [0.15, 0.2) is 37.3 Å². The molecule has 82 valence electrons. The van der Waals surface area contributed by atoms with Crippen LogP contribution in [0.2, 0.25) is 0 Å². The van der Waals surface area contributed by atoms with E-state index in [1.54, 1.807) is 6.20 Å². The fourth-order valence-electron chi connectivity index (χ4n) is 1.77. The van der Waals surface area contributed by atoms with Crippen LogP contribution in [-0.4, -0.2) is 14.4 Å². The first-order valence-corrected chi connectivity index (χ1v) is 5.39. The Kier molecular flexibility index (Phi) is 2.86. The molecule has 2 aromatic heterocycles. The van der Waals surface area contributed by atoms with E-state index < -0.39 is 0 Å². The minimum atomic E-state index is 0.904. The first-order valence-electron chi connectivity index (χ1n) is 5.39. The number of rotatable bonds is 3. The van der Waals surface area contributed by atoms with Crippen LogP contribution in [0.3, 0.4) is 0 Å². The molecule has 0 aliphatic carbocycles. The third-order valence-electron chi connectivity index (χ3n) is 2.54. The van der Waals surface area contributed by atoms with Crippen LogP contribution in [0.25, 0.3) is 11.2 Å². The molecule has 2 rings (SSSR count). The summed E-state index contributed by atoms with van der Waals surface area (Å²) in [7, 11) is 0. The van der Waals surface area contributed by atoms with E-state index >= 15 is 0 Å². The van der Waals surface area contributed by atoms with Gasteiger partial charge in [0.15, 0.2) is 5.65 Å². The Balaban J connectivity index is 2.66. The van der Waals surface area contributed by atoms with Gasteiger partial charge in [-0.3, -0.25) is 9.38 Å². The highest BCUT2D eigenvalue weighted by molar-refractivity contribution is 5.73. The first kappa shape index (κ1) is 10.6. The van der Waals surface area contributed by atoms with Crippen LogP contribution in [-0.2, 0) is 0 Å². The number of allylic oxidation sites excluding steroid dienone is 3. The molecule has 2 heterocycles. The molecule has 0 radical (unpaired) electrons. The second-order valence-corrected chi connectivity index (χ2v) is 3.62. The van der Waals surface area contributed by atoms with Gasteiger partial charge in [-0.1, -0.05) is 25.7 Å². The van der Waals surface area contributed by atoms with Gasteiger partial charge in [-0.25, -0.2) is 4.98 Å². The summed E-state index contributed by atoms with van der Waals surface area (Å²) in [5.41, 5.74) is 4.02. The Bertz CT molecular complexity index is 549. The van der Waals surface area contributed by atoms with Crippen LogP contribution < -0.4 is 0 Å². The molecule has 2 aromatic rings. The van der Waals surface area contributed by atoms with Gasteiger partial charge < -0.3 is 0 Å². The lowest BCUT2D eigenvalue weighted by molar-refractivity contribution is 1.06. The van der Waals surface area contributed by atoms with Crippen LogP contribution in [0, 0.1) is 6.92 Å². The molecule has 0 N–H and O–H groups in total. The number of hydrogen-bond acceptors (Lipinski definition) is 2. The van der Waals surface area contributed by atoms with Gasteiger partial charge in [0.2, 0.25) is 0 Å². The molecule has 0 bridgehead atoms. The van der Waals surface area contributed by atoms with Crippen LogP contribution in [0.4, 0.5) is 0 Å². The highest BCUT2D eigenvalue weighted by Gasteiger charge is 2.07. The molecule has 0 saturated carbocycles. The number of hydrogen-bond donors (Lipinski definition) is 0. The van der Waals surface area contributed by atoms with E-state index in [4.69, 9.17) is 0 Å². The molecule has 0 atom stereocenters. The molecule has 0 fully saturated rings. The molecule has 16 heavy (non-hydrogen) atoms. The summed E-state index contributed by atoms with van der Waals surface area (Å²) in [5, 5.41) is 0. The van der Waals surface area contributed by atoms with Crippen molar-refractivity contribution in [2.75, 3.05) is 0 Å². The number of nitrogens with zero attached hydrogens (tertiary/aromatic N) is 3. The average Bonchev–Trinajstić information content (AvgIpc) is 2.71. The average molecular weight is 213 g/mol. The van der Waals surface area contributed by atoms with Crippen molar-refractivity contribution in [2.24, 2.45) is 0 Å². The maximum Gasteiger partial charge on any atom is 0.158 e. The Labute approximate surface area is 95.2 Å². The van der Waals surface area contributed by atoms with Crippen molar-refractivity contribution in [3.05, 3.63) is 48.7 Å². The van der Waals surface area contributed by atoms with Gasteiger partial charge in [-0.05, 0) is 18.9 Å². The largest absolute Gasteiger partial charge is 0.297 e. The zero-order chi connectivity index (χ0) is 11.5. The van der Waals surface area contributed by atoms with E-state index in [0.29, 0.717) is 0 Å². The number of aryl methyl sites for hydroxylation is 1. The molecule has 3 heteroatoms. The fraction of sp³-hybridized carbons (Fsp3) is 0.231. The third-order valence-corrected chi connectivity index (χ3v) is 2.54. The van der Waals surface area contributed by atoms with E-state index in [2.05, 4.69) is 29.5 Å². The van der Waals surface area contributed by atoms with Gasteiger partial charge in [0.1, 0.15) is 0 Å². The predicted octanol–water partition coefficient (Wildman–Crippen LogP) is 3.02. The maximum atomic E-state index is 4.38. The normalized spacial score (nSPS) is 12.0. The molecule has 0 aliphatic rings. The van der Waals surface area contributed by atoms with Crippen LogP contribution >= 0.6 is 0 Å². The minimum Gasteiger partial charge on any atom is -0.297 e. The molecule has 3 nitrogen and oxygen atoms in total. The Hall–Kier alpha value is -1.90. The maximum absolute atomic E-state index is 4.38. The van der Waals surface area contributed by atoms with E-state index in [1.165, 1.54) is 0 Å². The lowest BCUT2D eigenvalue weighted by Crippen LogP contribution is -1.94. The summed E-state index contributed by atoms with van der Waals surface area (Å²) < 4.78 is 2.05. The SMILES string of the molecule is C=C/C(=C\CC)c1cnc2c(C)nccn12. The van der Waals surface area contributed by atoms with Crippen molar-refractivity contribution >= 4 is 11.2 Å². The van der Waals surface area contributed by atoms with E-state index in [9.17, 15) is 0 Å². The third kappa shape index (κ3) is 1.65. The fourth-order valence-corrected chi connectivity index (χ4v) is 1.77. The van der Waals surface area contributed by atoms with Crippen molar-refractivity contribution in [1.82, 2.24) is 14.4 Å². The second kappa shape index (κ2) is 4.31. The zero-order valence-electron chi connectivity index (χ0n) is 9.64. The summed E-state index contributed by atoms with van der Waals surface area (Å²) in [6.07, 6.45) is 10.6. The number of fused-ring (bicyclic) bond motifs is 1. The van der Waals surface area contributed by atoms with Crippen molar-refractivity contribution in [1.29, 1.82) is 0 Å². The second-order valence-electron chi connectivity index (χ2n) is 3.62. The van der Waals surface area contributed by atoms with Gasteiger partial charge in [-0.2, -0.15) is 0 Å². The quantitative estimate of drug-likeness (QED) is 0.734. The highest BCUT2D eigenvalue weighted by atomic mass is 15.0. The summed E-state index contributed by atoms with van der Waals surface area (Å²) in [5.74, 6) is 0. The molecule has 0 unspecified atom stereocenters. The Morgan fingerprint density at radius 3 is 3.00 bits per heavy atom. The lowest BCUT2D eigenvalue weighted by atomic mass is 10.1. The molecule has 0 saturated heterocycles.